The third-order valence-electron chi connectivity index (χ3n) is 4.48. The van der Waals surface area contributed by atoms with Gasteiger partial charge in [0.25, 0.3) is 5.91 Å². The van der Waals surface area contributed by atoms with E-state index in [-0.39, 0.29) is 18.8 Å². The van der Waals surface area contributed by atoms with Gasteiger partial charge in [-0.1, -0.05) is 23.2 Å². The number of carbonyl (C=O) groups is 2. The standard InChI is InChI=1S/C18H17Cl2F3N6O2.C2HF3O2/c1-28-14(11(19)8-25-28)10-7-9(3-4-12(10)31-6-5-24)26-17(30)13-15(18(21,22)23)27-29(2)16(13)20;3-2(4,5)1(6)7/h3-4,7-8H,5-6,24H2,1-2H3,(H,26,30);(H,6,7). The predicted octanol–water partition coefficient (Wildman–Crippen LogP) is 4.37. The molecule has 2 aromatic heterocycles. The number of benzene rings is 1. The summed E-state index contributed by atoms with van der Waals surface area (Å²) in [4.78, 5) is 21.6. The molecule has 0 aliphatic heterocycles. The van der Waals surface area contributed by atoms with Gasteiger partial charge in [0.1, 0.15) is 23.1 Å². The molecule has 1 aromatic carbocycles. The van der Waals surface area contributed by atoms with Gasteiger partial charge in [-0.05, 0) is 18.2 Å². The van der Waals surface area contributed by atoms with Crippen LogP contribution in [0.1, 0.15) is 16.1 Å². The van der Waals surface area contributed by atoms with E-state index < -0.39 is 40.6 Å². The molecular formula is C20H18Cl2F6N6O4. The smallest absolute Gasteiger partial charge is 0.490 e. The number of aromatic nitrogens is 4. The van der Waals surface area contributed by atoms with Crippen LogP contribution in [-0.4, -0.2) is 55.9 Å². The van der Waals surface area contributed by atoms with E-state index in [4.69, 9.17) is 43.6 Å². The van der Waals surface area contributed by atoms with Gasteiger partial charge in [-0.3, -0.25) is 14.2 Å². The number of anilines is 1. The van der Waals surface area contributed by atoms with Gasteiger partial charge in [-0.15, -0.1) is 0 Å². The lowest BCUT2D eigenvalue weighted by Crippen LogP contribution is -2.21. The number of carboxylic acids is 1. The molecule has 4 N–H and O–H groups in total. The lowest BCUT2D eigenvalue weighted by atomic mass is 10.1. The number of nitrogens with zero attached hydrogens (tertiary/aromatic N) is 4. The van der Waals surface area contributed by atoms with Crippen molar-refractivity contribution in [2.24, 2.45) is 19.8 Å². The zero-order valence-corrected chi connectivity index (χ0v) is 20.8. The summed E-state index contributed by atoms with van der Waals surface area (Å²) in [5, 5.41) is 16.8. The fourth-order valence-electron chi connectivity index (χ4n) is 2.90. The SMILES string of the molecule is Cn1nc(C(F)(F)F)c(C(=O)Nc2ccc(OCCN)c(-c3c(Cl)cnn3C)c2)c1Cl.O=C(O)C(F)(F)F. The minimum atomic E-state index is -5.08. The van der Waals surface area contributed by atoms with Crippen LogP contribution in [0.15, 0.2) is 24.4 Å². The first-order chi connectivity index (χ1) is 17.5. The quantitative estimate of drug-likeness (QED) is 0.362. The number of amides is 1. The van der Waals surface area contributed by atoms with Crippen molar-refractivity contribution in [1.29, 1.82) is 0 Å². The molecule has 0 spiro atoms. The molecule has 0 bridgehead atoms. The Morgan fingerprint density at radius 3 is 2.21 bits per heavy atom. The van der Waals surface area contributed by atoms with Crippen molar-refractivity contribution in [1.82, 2.24) is 19.6 Å². The molecule has 0 aliphatic carbocycles. The first kappa shape index (κ1) is 30.7. The van der Waals surface area contributed by atoms with Crippen LogP contribution in [0.2, 0.25) is 10.2 Å². The molecule has 18 heteroatoms. The minimum absolute atomic E-state index is 0.186. The van der Waals surface area contributed by atoms with Gasteiger partial charge >= 0.3 is 18.3 Å². The number of rotatable bonds is 6. The van der Waals surface area contributed by atoms with E-state index in [1.54, 1.807) is 13.1 Å². The number of carboxylic acid groups (broad SMARTS) is 1. The lowest BCUT2D eigenvalue weighted by Gasteiger charge is -2.14. The van der Waals surface area contributed by atoms with Crippen molar-refractivity contribution >= 4 is 40.8 Å². The van der Waals surface area contributed by atoms with Gasteiger partial charge in [0.15, 0.2) is 5.69 Å². The fraction of sp³-hybridized carbons (Fsp3) is 0.300. The van der Waals surface area contributed by atoms with Crippen LogP contribution in [-0.2, 0) is 25.1 Å². The number of aryl methyl sites for hydroxylation is 2. The first-order valence-corrected chi connectivity index (χ1v) is 10.8. The molecule has 3 rings (SSSR count). The zero-order valence-electron chi connectivity index (χ0n) is 19.3. The second kappa shape index (κ2) is 11.9. The van der Waals surface area contributed by atoms with Crippen LogP contribution in [0.3, 0.4) is 0 Å². The maximum atomic E-state index is 13.3. The number of hydrogen-bond donors (Lipinski definition) is 3. The number of nitrogens with two attached hydrogens (primary N) is 1. The van der Waals surface area contributed by atoms with Crippen LogP contribution in [0.25, 0.3) is 11.3 Å². The summed E-state index contributed by atoms with van der Waals surface area (Å²) in [5.41, 5.74) is 4.47. The van der Waals surface area contributed by atoms with Gasteiger partial charge in [0.05, 0.1) is 16.9 Å². The minimum Gasteiger partial charge on any atom is -0.492 e. The number of ether oxygens (including phenoxy) is 1. The van der Waals surface area contributed by atoms with Crippen LogP contribution in [0, 0.1) is 0 Å². The molecule has 2 heterocycles. The Balaban J connectivity index is 0.000000638. The van der Waals surface area contributed by atoms with E-state index in [9.17, 15) is 31.1 Å². The van der Waals surface area contributed by atoms with Crippen molar-refractivity contribution in [3.63, 3.8) is 0 Å². The van der Waals surface area contributed by atoms with Gasteiger partial charge in [0.2, 0.25) is 0 Å². The first-order valence-electron chi connectivity index (χ1n) is 10.0. The van der Waals surface area contributed by atoms with Crippen molar-refractivity contribution < 1.29 is 45.8 Å². The van der Waals surface area contributed by atoms with Crippen LogP contribution < -0.4 is 15.8 Å². The number of alkyl halides is 6. The molecule has 0 aliphatic rings. The Labute approximate surface area is 219 Å². The monoisotopic (exact) mass is 590 g/mol. The van der Waals surface area contributed by atoms with E-state index in [2.05, 4.69) is 15.5 Å². The summed E-state index contributed by atoms with van der Waals surface area (Å²) >= 11 is 12.1. The average molecular weight is 591 g/mol. The molecule has 0 saturated heterocycles. The van der Waals surface area contributed by atoms with Crippen LogP contribution in [0.4, 0.5) is 32.0 Å². The Morgan fingerprint density at radius 2 is 1.74 bits per heavy atom. The van der Waals surface area contributed by atoms with E-state index in [0.29, 0.717) is 22.0 Å². The van der Waals surface area contributed by atoms with Crippen LogP contribution in [0.5, 0.6) is 5.75 Å². The topological polar surface area (TPSA) is 137 Å². The summed E-state index contributed by atoms with van der Waals surface area (Å²) in [7, 11) is 2.87. The summed E-state index contributed by atoms with van der Waals surface area (Å²) < 4.78 is 79.5. The molecule has 38 heavy (non-hydrogen) atoms. The van der Waals surface area contributed by atoms with Crippen molar-refractivity contribution in [3.05, 3.63) is 45.8 Å². The number of aliphatic carboxylic acids is 1. The molecule has 0 unspecified atom stereocenters. The second-order valence-corrected chi connectivity index (χ2v) is 7.97. The third-order valence-corrected chi connectivity index (χ3v) is 5.19. The average Bonchev–Trinajstić information content (AvgIpc) is 3.30. The highest BCUT2D eigenvalue weighted by Gasteiger charge is 2.41. The summed E-state index contributed by atoms with van der Waals surface area (Å²) in [6.07, 6.45) is -8.51. The molecule has 10 nitrogen and oxygen atoms in total. The van der Waals surface area contributed by atoms with Crippen molar-refractivity contribution in [2.75, 3.05) is 18.5 Å². The largest absolute Gasteiger partial charge is 0.492 e. The van der Waals surface area contributed by atoms with E-state index in [1.807, 2.05) is 0 Å². The lowest BCUT2D eigenvalue weighted by molar-refractivity contribution is -0.192. The maximum Gasteiger partial charge on any atom is 0.490 e. The normalized spacial score (nSPS) is 11.6. The van der Waals surface area contributed by atoms with Gasteiger partial charge in [0, 0.05) is 31.9 Å². The summed E-state index contributed by atoms with van der Waals surface area (Å²) in [5.74, 6) is -3.42. The zero-order chi connectivity index (χ0) is 29.0. The highest BCUT2D eigenvalue weighted by Crippen LogP contribution is 2.38. The van der Waals surface area contributed by atoms with Crippen LogP contribution >= 0.6 is 23.2 Å². The Bertz CT molecular complexity index is 1300. The molecule has 3 aromatic rings. The summed E-state index contributed by atoms with van der Waals surface area (Å²) in [6.45, 7) is 0.477. The van der Waals surface area contributed by atoms with Crippen molar-refractivity contribution in [3.8, 4) is 17.0 Å². The molecule has 0 fully saturated rings. The molecule has 1 amide bonds. The van der Waals surface area contributed by atoms with Gasteiger partial charge in [-0.2, -0.15) is 36.5 Å². The maximum absolute atomic E-state index is 13.3. The Kier molecular flexibility index (Phi) is 9.63. The Hall–Kier alpha value is -3.50. The Morgan fingerprint density at radius 1 is 1.13 bits per heavy atom. The fourth-order valence-corrected chi connectivity index (χ4v) is 3.38. The summed E-state index contributed by atoms with van der Waals surface area (Å²) in [6, 6.07) is 4.51. The van der Waals surface area contributed by atoms with E-state index in [0.717, 1.165) is 4.68 Å². The molecule has 0 saturated carbocycles. The number of halogens is 8. The third kappa shape index (κ3) is 7.29. The molecule has 0 atom stereocenters. The van der Waals surface area contributed by atoms with Gasteiger partial charge < -0.3 is 20.9 Å². The van der Waals surface area contributed by atoms with E-state index in [1.165, 1.54) is 30.1 Å². The highest BCUT2D eigenvalue weighted by molar-refractivity contribution is 6.34. The molecule has 0 radical (unpaired) electrons. The number of carbonyl (C=O) groups excluding carboxylic acids is 1. The number of hydrogen-bond acceptors (Lipinski definition) is 6. The van der Waals surface area contributed by atoms with Gasteiger partial charge in [-0.25, -0.2) is 4.79 Å². The van der Waals surface area contributed by atoms with E-state index >= 15 is 0 Å². The van der Waals surface area contributed by atoms with Crippen molar-refractivity contribution in [2.45, 2.75) is 12.4 Å². The molecule has 208 valence electrons. The number of nitrogens with one attached hydrogen (secondary N) is 1. The molecular weight excluding hydrogens is 573 g/mol. The predicted molar refractivity (Wildman–Crippen MR) is 123 cm³/mol. The highest BCUT2D eigenvalue weighted by atomic mass is 35.5. The second-order valence-electron chi connectivity index (χ2n) is 7.21.